The van der Waals surface area contributed by atoms with Crippen molar-refractivity contribution in [1.82, 2.24) is 19.1 Å². The normalized spacial score (nSPS) is 16.0. The highest BCUT2D eigenvalue weighted by Gasteiger charge is 2.34. The molecule has 4 rings (SSSR count). The second kappa shape index (κ2) is 12.1. The van der Waals surface area contributed by atoms with Gasteiger partial charge in [0.25, 0.3) is 5.91 Å². The van der Waals surface area contributed by atoms with E-state index in [4.69, 9.17) is 4.74 Å². The maximum absolute atomic E-state index is 15.3. The zero-order valence-electron chi connectivity index (χ0n) is 24.9. The fourth-order valence-corrected chi connectivity index (χ4v) is 6.22. The topological polar surface area (TPSA) is 100 Å². The molecule has 3 aromatic rings. The van der Waals surface area contributed by atoms with Crippen molar-refractivity contribution in [2.45, 2.75) is 50.8 Å². The summed E-state index contributed by atoms with van der Waals surface area (Å²) in [6.45, 7) is 7.01. The molecule has 232 valence electrons. The first-order chi connectivity index (χ1) is 20.0. The van der Waals surface area contributed by atoms with Crippen LogP contribution < -0.4 is 0 Å². The number of sulfonamides is 1. The Kier molecular flexibility index (Phi) is 9.08. The quantitative estimate of drug-likeness (QED) is 0.362. The molecule has 0 aliphatic carbocycles. The number of aromatic nitrogens is 1. The number of likely N-dealkylation sites (N-methyl/N-ethyl adjacent to an activating group) is 2. The van der Waals surface area contributed by atoms with Crippen molar-refractivity contribution >= 4 is 32.9 Å². The number of alkyl halides is 1. The van der Waals surface area contributed by atoms with E-state index in [-0.39, 0.29) is 49.8 Å². The van der Waals surface area contributed by atoms with E-state index in [1.165, 1.54) is 21.9 Å². The number of aryl methyl sites for hydroxylation is 1. The van der Waals surface area contributed by atoms with Gasteiger partial charge in [-0.2, -0.15) is 4.31 Å². The minimum atomic E-state index is -4.28. The molecule has 43 heavy (non-hydrogen) atoms. The van der Waals surface area contributed by atoms with Gasteiger partial charge < -0.3 is 14.5 Å². The first-order valence-electron chi connectivity index (χ1n) is 13.7. The SMILES string of the molecule is Cc1cc(-c2c(F)cc(S(=O)(=O)N3CC[C@H](F)C3)cc2F)nc2cc(C(=O)N(C)CCN(C)C(=O)OC(C)(C)C)ccc12. The number of pyridine rings is 1. The number of carbonyl (C=O) groups is 2. The monoisotopic (exact) mass is 620 g/mol. The van der Waals surface area contributed by atoms with Crippen LogP contribution in [0, 0.1) is 18.6 Å². The van der Waals surface area contributed by atoms with Crippen LogP contribution in [0.4, 0.5) is 18.0 Å². The molecule has 0 N–H and O–H groups in total. The third kappa shape index (κ3) is 7.10. The lowest BCUT2D eigenvalue weighted by molar-refractivity contribution is 0.0283. The van der Waals surface area contributed by atoms with Gasteiger partial charge in [0.15, 0.2) is 0 Å². The summed E-state index contributed by atoms with van der Waals surface area (Å²) in [7, 11) is -1.13. The van der Waals surface area contributed by atoms with Gasteiger partial charge in [-0.3, -0.25) is 4.79 Å². The third-order valence-corrected chi connectivity index (χ3v) is 8.93. The molecule has 2 amide bonds. The van der Waals surface area contributed by atoms with E-state index in [0.717, 1.165) is 4.31 Å². The Hall–Kier alpha value is -3.71. The van der Waals surface area contributed by atoms with E-state index in [0.29, 0.717) is 28.6 Å². The largest absolute Gasteiger partial charge is 0.444 e. The smallest absolute Gasteiger partial charge is 0.410 e. The summed E-state index contributed by atoms with van der Waals surface area (Å²) >= 11 is 0. The van der Waals surface area contributed by atoms with Crippen LogP contribution in [-0.2, 0) is 14.8 Å². The Bertz CT molecular complexity index is 1650. The predicted octanol–water partition coefficient (Wildman–Crippen LogP) is 5.16. The molecule has 0 saturated carbocycles. The molecule has 1 saturated heterocycles. The standard InChI is InChI=1S/C30H35F3N4O5S/c1-18-13-26(27-23(32)15-21(16-24(27)33)43(40,41)37-10-9-20(31)17-37)34-25-14-19(7-8-22(18)25)28(38)35(5)11-12-36(6)29(39)42-30(2,3)4/h7-8,13-16,20H,9-12,17H2,1-6H3/t20-/m0/s1. The average Bonchev–Trinajstić information content (AvgIpc) is 3.36. The van der Waals surface area contributed by atoms with Gasteiger partial charge >= 0.3 is 6.09 Å². The van der Waals surface area contributed by atoms with Gasteiger partial charge in [0.05, 0.1) is 21.7 Å². The molecule has 13 heteroatoms. The number of fused-ring (bicyclic) bond motifs is 1. The number of carbonyl (C=O) groups excluding carboxylic acids is 2. The van der Waals surface area contributed by atoms with Crippen molar-refractivity contribution in [1.29, 1.82) is 0 Å². The third-order valence-electron chi connectivity index (χ3n) is 7.09. The Morgan fingerprint density at radius 1 is 1.05 bits per heavy atom. The molecule has 0 spiro atoms. The summed E-state index contributed by atoms with van der Waals surface area (Å²) in [4.78, 5) is 32.0. The van der Waals surface area contributed by atoms with Crippen molar-refractivity contribution < 1.29 is 35.9 Å². The predicted molar refractivity (Wildman–Crippen MR) is 156 cm³/mol. The fourth-order valence-electron chi connectivity index (χ4n) is 4.72. The zero-order chi connectivity index (χ0) is 31.9. The molecule has 2 heterocycles. The molecule has 9 nitrogen and oxygen atoms in total. The summed E-state index contributed by atoms with van der Waals surface area (Å²) in [5.41, 5.74) is -0.0342. The number of rotatable bonds is 7. The maximum Gasteiger partial charge on any atom is 0.410 e. The van der Waals surface area contributed by atoms with E-state index >= 15 is 8.78 Å². The molecule has 1 atom stereocenters. The summed E-state index contributed by atoms with van der Waals surface area (Å²) in [5, 5.41) is 0.655. The van der Waals surface area contributed by atoms with Crippen LogP contribution in [0.5, 0.6) is 0 Å². The highest BCUT2D eigenvalue weighted by atomic mass is 32.2. The summed E-state index contributed by atoms with van der Waals surface area (Å²) in [6.07, 6.45) is -1.82. The van der Waals surface area contributed by atoms with Crippen molar-refractivity contribution in [3.8, 4) is 11.3 Å². The fraction of sp³-hybridized carbons (Fsp3) is 0.433. The molecule has 1 aliphatic rings. The van der Waals surface area contributed by atoms with E-state index < -0.39 is 50.0 Å². The number of halogens is 3. The van der Waals surface area contributed by atoms with Crippen LogP contribution >= 0.6 is 0 Å². The molecular formula is C30H35F3N4O5S. The summed E-state index contributed by atoms with van der Waals surface area (Å²) < 4.78 is 76.1. The minimum absolute atomic E-state index is 0.0198. The second-order valence-corrected chi connectivity index (χ2v) is 13.6. The van der Waals surface area contributed by atoms with E-state index in [9.17, 15) is 22.4 Å². The van der Waals surface area contributed by atoms with Gasteiger partial charge in [-0.25, -0.2) is 31.4 Å². The molecule has 1 fully saturated rings. The molecule has 1 aromatic heterocycles. The van der Waals surface area contributed by atoms with Gasteiger partial charge in [-0.05, 0) is 70.0 Å². The Morgan fingerprint density at radius 2 is 1.67 bits per heavy atom. The average molecular weight is 621 g/mol. The molecule has 1 aliphatic heterocycles. The molecule has 0 radical (unpaired) electrons. The van der Waals surface area contributed by atoms with Gasteiger partial charge in [0.1, 0.15) is 23.4 Å². The molecule has 0 bridgehead atoms. The van der Waals surface area contributed by atoms with Gasteiger partial charge in [-0.15, -0.1) is 0 Å². The van der Waals surface area contributed by atoms with Crippen molar-refractivity contribution in [3.63, 3.8) is 0 Å². The van der Waals surface area contributed by atoms with Crippen LogP contribution in [0.3, 0.4) is 0 Å². The first kappa shape index (κ1) is 32.2. The first-order valence-corrected chi connectivity index (χ1v) is 15.2. The highest BCUT2D eigenvalue weighted by Crippen LogP contribution is 2.32. The Balaban J connectivity index is 1.59. The van der Waals surface area contributed by atoms with Crippen molar-refractivity contribution in [2.75, 3.05) is 40.3 Å². The maximum atomic E-state index is 15.3. The van der Waals surface area contributed by atoms with Crippen LogP contribution in [0.1, 0.15) is 43.1 Å². The number of hydrogen-bond acceptors (Lipinski definition) is 6. The van der Waals surface area contributed by atoms with Crippen molar-refractivity contribution in [2.24, 2.45) is 0 Å². The lowest BCUT2D eigenvalue weighted by Gasteiger charge is -2.26. The number of amides is 2. The lowest BCUT2D eigenvalue weighted by Crippen LogP contribution is -2.39. The van der Waals surface area contributed by atoms with Gasteiger partial charge in [-0.1, -0.05) is 6.07 Å². The van der Waals surface area contributed by atoms with Gasteiger partial charge in [0.2, 0.25) is 10.0 Å². The van der Waals surface area contributed by atoms with Crippen LogP contribution in [0.25, 0.3) is 22.2 Å². The van der Waals surface area contributed by atoms with Crippen molar-refractivity contribution in [3.05, 3.63) is 59.2 Å². The number of ether oxygens (including phenoxy) is 1. The summed E-state index contributed by atoms with van der Waals surface area (Å²) in [6, 6.07) is 7.72. The Labute approximate surface area is 249 Å². The number of benzene rings is 2. The molecule has 2 aromatic carbocycles. The van der Waals surface area contributed by atoms with Gasteiger partial charge in [0, 0.05) is 51.2 Å². The summed E-state index contributed by atoms with van der Waals surface area (Å²) in [5.74, 6) is -2.63. The zero-order valence-corrected chi connectivity index (χ0v) is 25.8. The number of hydrogen-bond donors (Lipinski definition) is 0. The van der Waals surface area contributed by atoms with Crippen LogP contribution in [-0.4, -0.2) is 91.6 Å². The second-order valence-electron chi connectivity index (χ2n) is 11.7. The Morgan fingerprint density at radius 3 is 2.26 bits per heavy atom. The van der Waals surface area contributed by atoms with E-state index in [2.05, 4.69) is 4.98 Å². The molecule has 0 unspecified atom stereocenters. The highest BCUT2D eigenvalue weighted by molar-refractivity contribution is 7.89. The van der Waals surface area contributed by atoms with Crippen LogP contribution in [0.15, 0.2) is 41.3 Å². The number of nitrogens with zero attached hydrogens (tertiary/aromatic N) is 4. The molecular weight excluding hydrogens is 585 g/mol. The van der Waals surface area contributed by atoms with E-state index in [1.54, 1.807) is 53.9 Å². The lowest BCUT2D eigenvalue weighted by atomic mass is 10.0. The van der Waals surface area contributed by atoms with E-state index in [1.807, 2.05) is 0 Å². The minimum Gasteiger partial charge on any atom is -0.444 e. The van der Waals surface area contributed by atoms with Crippen LogP contribution in [0.2, 0.25) is 0 Å².